The van der Waals surface area contributed by atoms with Gasteiger partial charge >= 0.3 is 0 Å². The molecule has 0 heterocycles. The van der Waals surface area contributed by atoms with Gasteiger partial charge in [0.1, 0.15) is 0 Å². The van der Waals surface area contributed by atoms with Gasteiger partial charge in [0.15, 0.2) is 0 Å². The zero-order chi connectivity index (χ0) is 14.4. The topological polar surface area (TPSA) is 0 Å². The summed E-state index contributed by atoms with van der Waals surface area (Å²) < 4.78 is 0. The van der Waals surface area contributed by atoms with Crippen LogP contribution in [0.15, 0.2) is 0 Å². The van der Waals surface area contributed by atoms with E-state index in [1.54, 1.807) is 16.7 Å². The van der Waals surface area contributed by atoms with Gasteiger partial charge in [-0.15, -0.1) is 0 Å². The molecule has 0 saturated heterocycles. The van der Waals surface area contributed by atoms with E-state index in [0.717, 1.165) is 17.8 Å². The molecule has 0 amide bonds. The monoisotopic (exact) mass is 270 g/mol. The third-order valence-corrected chi connectivity index (χ3v) is 6.76. The zero-order valence-corrected chi connectivity index (χ0v) is 14.0. The fraction of sp³-hybridized carbons (Fsp3) is 0.700. The SMILES string of the molecule is Cc1c(C)c(C)c(C2CCC3CCCC3C2)c(C)c1C. The molecular weight excluding hydrogens is 240 g/mol. The van der Waals surface area contributed by atoms with Crippen molar-refractivity contribution in [2.45, 2.75) is 79.1 Å². The van der Waals surface area contributed by atoms with Gasteiger partial charge in [0, 0.05) is 0 Å². The molecule has 1 aromatic carbocycles. The van der Waals surface area contributed by atoms with Crippen LogP contribution in [0.2, 0.25) is 0 Å². The van der Waals surface area contributed by atoms with Crippen LogP contribution in [0.1, 0.15) is 77.8 Å². The first-order chi connectivity index (χ1) is 9.50. The van der Waals surface area contributed by atoms with E-state index in [9.17, 15) is 0 Å². The molecule has 0 heteroatoms. The highest BCUT2D eigenvalue weighted by Gasteiger charge is 2.35. The highest BCUT2D eigenvalue weighted by atomic mass is 14.4. The van der Waals surface area contributed by atoms with Gasteiger partial charge in [-0.1, -0.05) is 19.3 Å². The Morgan fingerprint density at radius 1 is 0.600 bits per heavy atom. The minimum Gasteiger partial charge on any atom is -0.0528 e. The van der Waals surface area contributed by atoms with Crippen LogP contribution >= 0.6 is 0 Å². The normalized spacial score (nSPS) is 29.6. The standard InChI is InChI=1S/C20H30/c1-12-13(2)15(4)20(16(5)14(12)3)19-10-9-17-7-6-8-18(17)11-19/h17-19H,6-11H2,1-5H3. The van der Waals surface area contributed by atoms with Crippen LogP contribution in [0.25, 0.3) is 0 Å². The number of hydrogen-bond acceptors (Lipinski definition) is 0. The summed E-state index contributed by atoms with van der Waals surface area (Å²) in [7, 11) is 0. The highest BCUT2D eigenvalue weighted by molar-refractivity contribution is 5.51. The van der Waals surface area contributed by atoms with E-state index in [1.807, 2.05) is 0 Å². The van der Waals surface area contributed by atoms with E-state index in [1.165, 1.54) is 55.2 Å². The molecular formula is C20H30. The lowest BCUT2D eigenvalue weighted by atomic mass is 9.70. The first kappa shape index (κ1) is 14.2. The average Bonchev–Trinajstić information content (AvgIpc) is 2.91. The van der Waals surface area contributed by atoms with Crippen molar-refractivity contribution in [1.29, 1.82) is 0 Å². The molecule has 20 heavy (non-hydrogen) atoms. The highest BCUT2D eigenvalue weighted by Crippen LogP contribution is 2.49. The molecule has 110 valence electrons. The summed E-state index contributed by atoms with van der Waals surface area (Å²) in [5.74, 6) is 2.95. The maximum absolute atomic E-state index is 2.37. The van der Waals surface area contributed by atoms with Crippen LogP contribution in [0.4, 0.5) is 0 Å². The molecule has 0 aromatic heterocycles. The van der Waals surface area contributed by atoms with Crippen LogP contribution in [0, 0.1) is 46.5 Å². The molecule has 2 aliphatic rings. The Bertz CT molecular complexity index is 494. The van der Waals surface area contributed by atoms with Crippen molar-refractivity contribution in [2.24, 2.45) is 11.8 Å². The molecule has 0 spiro atoms. The van der Waals surface area contributed by atoms with E-state index in [-0.39, 0.29) is 0 Å². The summed E-state index contributed by atoms with van der Waals surface area (Å²) in [6, 6.07) is 0. The Labute approximate surface area is 125 Å². The number of fused-ring (bicyclic) bond motifs is 1. The van der Waals surface area contributed by atoms with E-state index in [2.05, 4.69) is 34.6 Å². The quantitative estimate of drug-likeness (QED) is 0.595. The van der Waals surface area contributed by atoms with Gasteiger partial charge in [-0.3, -0.25) is 0 Å². The molecule has 3 unspecified atom stereocenters. The van der Waals surface area contributed by atoms with Gasteiger partial charge in [-0.25, -0.2) is 0 Å². The molecule has 0 nitrogen and oxygen atoms in total. The Morgan fingerprint density at radius 3 is 1.80 bits per heavy atom. The minimum atomic E-state index is 0.840. The van der Waals surface area contributed by atoms with Crippen molar-refractivity contribution in [3.8, 4) is 0 Å². The summed E-state index contributed by atoms with van der Waals surface area (Å²) in [6.45, 7) is 11.7. The smallest absolute Gasteiger partial charge is 0.0154 e. The maximum Gasteiger partial charge on any atom is -0.0154 e. The number of hydrogen-bond donors (Lipinski definition) is 0. The van der Waals surface area contributed by atoms with Gasteiger partial charge in [0.05, 0.1) is 0 Å². The Morgan fingerprint density at radius 2 is 1.15 bits per heavy atom. The Balaban J connectivity index is 1.98. The Kier molecular flexibility index (Phi) is 3.69. The lowest BCUT2D eigenvalue weighted by Gasteiger charge is -2.35. The largest absolute Gasteiger partial charge is 0.0528 e. The number of rotatable bonds is 1. The van der Waals surface area contributed by atoms with Crippen molar-refractivity contribution < 1.29 is 0 Å². The van der Waals surface area contributed by atoms with Gasteiger partial charge in [0.25, 0.3) is 0 Å². The molecule has 0 bridgehead atoms. The van der Waals surface area contributed by atoms with Crippen LogP contribution in [0.5, 0.6) is 0 Å². The van der Waals surface area contributed by atoms with Crippen LogP contribution in [0.3, 0.4) is 0 Å². The summed E-state index contributed by atoms with van der Waals surface area (Å²) in [4.78, 5) is 0. The molecule has 2 aliphatic carbocycles. The fourth-order valence-corrected chi connectivity index (χ4v) is 5.11. The summed E-state index contributed by atoms with van der Waals surface area (Å²) >= 11 is 0. The second-order valence-electron chi connectivity index (χ2n) is 7.50. The van der Waals surface area contributed by atoms with E-state index >= 15 is 0 Å². The third kappa shape index (κ3) is 2.12. The van der Waals surface area contributed by atoms with Crippen molar-refractivity contribution in [3.05, 3.63) is 33.4 Å². The van der Waals surface area contributed by atoms with E-state index in [4.69, 9.17) is 0 Å². The second-order valence-corrected chi connectivity index (χ2v) is 7.50. The maximum atomic E-state index is 2.37. The molecule has 0 radical (unpaired) electrons. The van der Waals surface area contributed by atoms with Crippen molar-refractivity contribution in [2.75, 3.05) is 0 Å². The van der Waals surface area contributed by atoms with E-state index < -0.39 is 0 Å². The first-order valence-corrected chi connectivity index (χ1v) is 8.57. The fourth-order valence-electron chi connectivity index (χ4n) is 5.11. The van der Waals surface area contributed by atoms with Crippen LogP contribution < -0.4 is 0 Å². The summed E-state index contributed by atoms with van der Waals surface area (Å²) in [5.41, 5.74) is 9.49. The Hall–Kier alpha value is -0.780. The lowest BCUT2D eigenvalue weighted by molar-refractivity contribution is 0.249. The summed E-state index contributed by atoms with van der Waals surface area (Å²) in [6.07, 6.45) is 8.90. The van der Waals surface area contributed by atoms with Crippen LogP contribution in [-0.4, -0.2) is 0 Å². The molecule has 2 saturated carbocycles. The van der Waals surface area contributed by atoms with Crippen molar-refractivity contribution in [1.82, 2.24) is 0 Å². The third-order valence-electron chi connectivity index (χ3n) is 6.76. The van der Waals surface area contributed by atoms with Gasteiger partial charge in [-0.2, -0.15) is 0 Å². The minimum absolute atomic E-state index is 0.840. The lowest BCUT2D eigenvalue weighted by Crippen LogP contribution is -2.21. The average molecular weight is 270 g/mol. The second kappa shape index (κ2) is 5.20. The van der Waals surface area contributed by atoms with Gasteiger partial charge < -0.3 is 0 Å². The molecule has 3 atom stereocenters. The summed E-state index contributed by atoms with van der Waals surface area (Å²) in [5, 5.41) is 0. The van der Waals surface area contributed by atoms with Gasteiger partial charge in [0.2, 0.25) is 0 Å². The number of benzene rings is 1. The van der Waals surface area contributed by atoms with Gasteiger partial charge in [-0.05, 0) is 105 Å². The predicted octanol–water partition coefficient (Wildman–Crippen LogP) is 5.91. The molecule has 3 rings (SSSR count). The molecule has 0 aliphatic heterocycles. The molecule has 1 aromatic rings. The predicted molar refractivity (Wildman–Crippen MR) is 87.6 cm³/mol. The van der Waals surface area contributed by atoms with E-state index in [0.29, 0.717) is 0 Å². The molecule has 2 fully saturated rings. The zero-order valence-electron chi connectivity index (χ0n) is 14.0. The van der Waals surface area contributed by atoms with Crippen molar-refractivity contribution in [3.63, 3.8) is 0 Å². The molecule has 0 N–H and O–H groups in total. The first-order valence-electron chi connectivity index (χ1n) is 8.57. The van der Waals surface area contributed by atoms with Crippen LogP contribution in [-0.2, 0) is 0 Å². The van der Waals surface area contributed by atoms with Crippen molar-refractivity contribution >= 4 is 0 Å².